The van der Waals surface area contributed by atoms with Crippen LogP contribution in [-0.2, 0) is 28.6 Å². The molecule has 2 N–H and O–H groups in total. The van der Waals surface area contributed by atoms with E-state index in [-0.39, 0.29) is 0 Å². The lowest BCUT2D eigenvalue weighted by molar-refractivity contribution is -0.234. The van der Waals surface area contributed by atoms with Crippen molar-refractivity contribution in [2.75, 3.05) is 5.32 Å². The Balaban J connectivity index is 2.31. The standard InChI is InChI=1S/C16H18N4O7/c1-8(21)25-12-11(23)13(26-9(2)22)16(19-20-17)27-14(12)15(24)18-10-6-4-3-5-7-10/h3-7,11-14,16,23H,1-2H3,(H,18,24)/t11-,12-,13+,14-,16+/m0/s1. The summed E-state index contributed by atoms with van der Waals surface area (Å²) in [6.07, 6.45) is -7.60. The average Bonchev–Trinajstić information content (AvgIpc) is 2.60. The van der Waals surface area contributed by atoms with Gasteiger partial charge in [-0.25, -0.2) is 0 Å². The summed E-state index contributed by atoms with van der Waals surface area (Å²) in [4.78, 5) is 37.9. The highest BCUT2D eigenvalue weighted by molar-refractivity contribution is 5.95. The maximum atomic E-state index is 12.6. The van der Waals surface area contributed by atoms with Gasteiger partial charge >= 0.3 is 11.9 Å². The zero-order valence-electron chi connectivity index (χ0n) is 14.5. The van der Waals surface area contributed by atoms with Crippen molar-refractivity contribution in [3.8, 4) is 0 Å². The molecule has 2 rings (SSSR count). The van der Waals surface area contributed by atoms with E-state index in [4.69, 9.17) is 19.7 Å². The summed E-state index contributed by atoms with van der Waals surface area (Å²) in [5.74, 6) is -2.32. The molecule has 11 nitrogen and oxygen atoms in total. The molecule has 0 bridgehead atoms. The zero-order valence-corrected chi connectivity index (χ0v) is 14.5. The first-order valence-electron chi connectivity index (χ1n) is 7.91. The Bertz CT molecular complexity index is 750. The monoisotopic (exact) mass is 378 g/mol. The van der Waals surface area contributed by atoms with Gasteiger partial charge in [-0.2, -0.15) is 0 Å². The van der Waals surface area contributed by atoms with Crippen LogP contribution in [0.5, 0.6) is 0 Å². The van der Waals surface area contributed by atoms with Gasteiger partial charge in [0.15, 0.2) is 24.5 Å². The van der Waals surface area contributed by atoms with Gasteiger partial charge in [-0.1, -0.05) is 23.3 Å². The fraction of sp³-hybridized carbons (Fsp3) is 0.438. The number of esters is 2. The normalized spacial score (nSPS) is 27.0. The number of azide groups is 1. The number of carbonyl (C=O) groups excluding carboxylic acids is 3. The van der Waals surface area contributed by atoms with Crippen molar-refractivity contribution in [3.05, 3.63) is 40.8 Å². The van der Waals surface area contributed by atoms with Gasteiger partial charge < -0.3 is 24.6 Å². The molecular weight excluding hydrogens is 360 g/mol. The minimum absolute atomic E-state index is 0.435. The van der Waals surface area contributed by atoms with E-state index >= 15 is 0 Å². The summed E-state index contributed by atoms with van der Waals surface area (Å²) in [5.41, 5.74) is 9.13. The minimum Gasteiger partial charge on any atom is -0.457 e. The van der Waals surface area contributed by atoms with Crippen molar-refractivity contribution >= 4 is 23.5 Å². The van der Waals surface area contributed by atoms with Crippen LogP contribution in [0, 0.1) is 0 Å². The van der Waals surface area contributed by atoms with Crippen molar-refractivity contribution < 1.29 is 33.7 Å². The Morgan fingerprint density at radius 3 is 2.30 bits per heavy atom. The molecular formula is C16H18N4O7. The van der Waals surface area contributed by atoms with Gasteiger partial charge in [0.25, 0.3) is 5.91 Å². The van der Waals surface area contributed by atoms with Crippen molar-refractivity contribution in [2.24, 2.45) is 5.11 Å². The molecule has 1 aliphatic rings. The number of hydrogen-bond donors (Lipinski definition) is 2. The predicted molar refractivity (Wildman–Crippen MR) is 90.0 cm³/mol. The van der Waals surface area contributed by atoms with E-state index in [2.05, 4.69) is 15.3 Å². The molecule has 1 aliphatic heterocycles. The number of para-hydroxylation sites is 1. The number of nitrogens with zero attached hydrogens (tertiary/aromatic N) is 3. The molecule has 11 heteroatoms. The van der Waals surface area contributed by atoms with Crippen LogP contribution in [0.3, 0.4) is 0 Å². The van der Waals surface area contributed by atoms with Crippen molar-refractivity contribution in [3.63, 3.8) is 0 Å². The first-order chi connectivity index (χ1) is 12.8. The lowest BCUT2D eigenvalue weighted by Gasteiger charge is -2.41. The van der Waals surface area contributed by atoms with E-state index < -0.39 is 48.5 Å². The fourth-order valence-electron chi connectivity index (χ4n) is 2.57. The lowest BCUT2D eigenvalue weighted by Crippen LogP contribution is -2.62. The number of ether oxygens (including phenoxy) is 3. The van der Waals surface area contributed by atoms with Gasteiger partial charge in [0.05, 0.1) is 0 Å². The predicted octanol–water partition coefficient (Wildman–Crippen LogP) is 0.885. The van der Waals surface area contributed by atoms with Gasteiger partial charge in [0.2, 0.25) is 0 Å². The Labute approximate surface area is 153 Å². The molecule has 1 aromatic rings. The van der Waals surface area contributed by atoms with E-state index in [1.54, 1.807) is 30.3 Å². The van der Waals surface area contributed by atoms with Gasteiger partial charge in [-0.3, -0.25) is 14.4 Å². The third-order valence-corrected chi connectivity index (χ3v) is 3.61. The SMILES string of the molecule is CC(=O)O[C@@H]1[C@@H](O)[C@H](OC(C)=O)[C@@H](C(=O)Nc2ccccc2)O[C@H]1N=[N+]=[N-]. The summed E-state index contributed by atoms with van der Waals surface area (Å²) < 4.78 is 15.3. The van der Waals surface area contributed by atoms with Crippen LogP contribution in [-0.4, -0.2) is 53.6 Å². The van der Waals surface area contributed by atoms with Crippen molar-refractivity contribution in [1.82, 2.24) is 0 Å². The molecule has 1 heterocycles. The van der Waals surface area contributed by atoms with Crippen molar-refractivity contribution in [1.29, 1.82) is 0 Å². The second kappa shape index (κ2) is 8.99. The van der Waals surface area contributed by atoms with Crippen LogP contribution >= 0.6 is 0 Å². The molecule has 0 saturated carbocycles. The van der Waals surface area contributed by atoms with E-state index in [0.29, 0.717) is 5.69 Å². The topological polar surface area (TPSA) is 160 Å². The number of benzene rings is 1. The number of amides is 1. The van der Waals surface area contributed by atoms with Crippen LogP contribution in [0.4, 0.5) is 5.69 Å². The van der Waals surface area contributed by atoms with Crippen LogP contribution in [0.25, 0.3) is 10.4 Å². The Morgan fingerprint density at radius 2 is 1.74 bits per heavy atom. The van der Waals surface area contributed by atoms with Gasteiger partial charge in [0, 0.05) is 24.4 Å². The van der Waals surface area contributed by atoms with E-state index in [1.165, 1.54) is 0 Å². The third-order valence-electron chi connectivity index (χ3n) is 3.61. The molecule has 27 heavy (non-hydrogen) atoms. The lowest BCUT2D eigenvalue weighted by atomic mass is 9.97. The summed E-state index contributed by atoms with van der Waals surface area (Å²) in [5, 5.41) is 16.4. The Morgan fingerprint density at radius 1 is 1.15 bits per heavy atom. The molecule has 1 fully saturated rings. The zero-order chi connectivity index (χ0) is 20.0. The molecule has 0 unspecified atom stereocenters. The highest BCUT2D eigenvalue weighted by atomic mass is 16.6. The van der Waals surface area contributed by atoms with Gasteiger partial charge in [-0.15, -0.1) is 0 Å². The maximum absolute atomic E-state index is 12.6. The molecule has 1 amide bonds. The summed E-state index contributed by atoms with van der Waals surface area (Å²) in [7, 11) is 0. The Kier molecular flexibility index (Phi) is 6.72. The van der Waals surface area contributed by atoms with E-state index in [9.17, 15) is 19.5 Å². The quantitative estimate of drug-likeness (QED) is 0.333. The highest BCUT2D eigenvalue weighted by Gasteiger charge is 2.51. The van der Waals surface area contributed by atoms with Crippen LogP contribution in [0.2, 0.25) is 0 Å². The number of rotatable bonds is 5. The Hall–Kier alpha value is -3.14. The first-order valence-corrected chi connectivity index (χ1v) is 7.91. The molecule has 0 aromatic heterocycles. The van der Waals surface area contributed by atoms with E-state index in [0.717, 1.165) is 13.8 Å². The minimum atomic E-state index is -1.66. The average molecular weight is 378 g/mol. The summed E-state index contributed by atoms with van der Waals surface area (Å²) in [6.45, 7) is 2.16. The molecule has 0 radical (unpaired) electrons. The molecule has 1 saturated heterocycles. The molecule has 0 spiro atoms. The largest absolute Gasteiger partial charge is 0.457 e. The third kappa shape index (κ3) is 5.17. The number of carbonyl (C=O) groups is 3. The smallest absolute Gasteiger partial charge is 0.303 e. The molecule has 0 aliphatic carbocycles. The van der Waals surface area contributed by atoms with Crippen LogP contribution in [0.15, 0.2) is 35.4 Å². The number of hydrogen-bond acceptors (Lipinski definition) is 8. The molecule has 144 valence electrons. The number of aliphatic hydroxyl groups excluding tert-OH is 1. The number of aliphatic hydroxyl groups is 1. The van der Waals surface area contributed by atoms with Crippen LogP contribution < -0.4 is 5.32 Å². The van der Waals surface area contributed by atoms with Gasteiger partial charge in [0.1, 0.15) is 6.10 Å². The van der Waals surface area contributed by atoms with Crippen molar-refractivity contribution in [2.45, 2.75) is 44.5 Å². The van der Waals surface area contributed by atoms with E-state index in [1.807, 2.05) is 0 Å². The molecule has 1 aromatic carbocycles. The highest BCUT2D eigenvalue weighted by Crippen LogP contribution is 2.28. The second-order valence-electron chi connectivity index (χ2n) is 5.65. The number of anilines is 1. The first kappa shape index (κ1) is 20.2. The van der Waals surface area contributed by atoms with Crippen LogP contribution in [0.1, 0.15) is 13.8 Å². The maximum Gasteiger partial charge on any atom is 0.303 e. The molecule has 5 atom stereocenters. The van der Waals surface area contributed by atoms with Gasteiger partial charge in [-0.05, 0) is 17.7 Å². The summed E-state index contributed by atoms with van der Waals surface area (Å²) in [6, 6.07) is 8.36. The fourth-order valence-corrected chi connectivity index (χ4v) is 2.57. The second-order valence-corrected chi connectivity index (χ2v) is 5.65. The summed E-state index contributed by atoms with van der Waals surface area (Å²) >= 11 is 0. The number of nitrogens with one attached hydrogen (secondary N) is 1.